The summed E-state index contributed by atoms with van der Waals surface area (Å²) in [6.45, 7) is 4.09. The molecule has 1 aliphatic rings. The highest BCUT2D eigenvalue weighted by Gasteiger charge is 2.22. The maximum atomic E-state index is 12.3. The van der Waals surface area contributed by atoms with Gasteiger partial charge in [-0.25, -0.2) is 9.97 Å². The van der Waals surface area contributed by atoms with Gasteiger partial charge in [0.1, 0.15) is 12.1 Å². The number of hydrogen-bond donors (Lipinski definition) is 1. The SMILES string of the molecule is C[C@H](CNC(=O)c1ccnc(-n2ccnc2)c1)CN1CCCC1=O. The monoisotopic (exact) mass is 327 g/mol. The second kappa shape index (κ2) is 7.25. The first-order valence-electron chi connectivity index (χ1n) is 8.14. The zero-order valence-corrected chi connectivity index (χ0v) is 13.7. The molecule has 0 saturated carbocycles. The van der Waals surface area contributed by atoms with Gasteiger partial charge in [-0.05, 0) is 24.5 Å². The van der Waals surface area contributed by atoms with Gasteiger partial charge in [0.05, 0.1) is 0 Å². The number of likely N-dealkylation sites (tertiary alicyclic amines) is 1. The second-order valence-corrected chi connectivity index (χ2v) is 6.13. The standard InChI is InChI=1S/C17H21N5O2/c1-13(11-21-7-2-3-16(21)23)10-20-17(24)14-4-5-19-15(9-14)22-8-6-18-12-22/h4-6,8-9,12-13H,2-3,7,10-11H2,1H3,(H,20,24)/t13-/m1/s1. The van der Waals surface area contributed by atoms with Gasteiger partial charge in [0.15, 0.2) is 0 Å². The van der Waals surface area contributed by atoms with E-state index in [2.05, 4.69) is 15.3 Å². The van der Waals surface area contributed by atoms with Crippen molar-refractivity contribution >= 4 is 11.8 Å². The van der Waals surface area contributed by atoms with Crippen LogP contribution in [0.2, 0.25) is 0 Å². The Bertz CT molecular complexity index is 714. The molecule has 0 spiro atoms. The molecule has 7 nitrogen and oxygen atoms in total. The molecule has 24 heavy (non-hydrogen) atoms. The van der Waals surface area contributed by atoms with Crippen molar-refractivity contribution in [3.8, 4) is 5.82 Å². The third-order valence-corrected chi connectivity index (χ3v) is 4.09. The lowest BCUT2D eigenvalue weighted by molar-refractivity contribution is -0.128. The summed E-state index contributed by atoms with van der Waals surface area (Å²) >= 11 is 0. The molecule has 1 N–H and O–H groups in total. The summed E-state index contributed by atoms with van der Waals surface area (Å²) in [5, 5.41) is 2.93. The zero-order valence-electron chi connectivity index (χ0n) is 13.7. The van der Waals surface area contributed by atoms with E-state index in [1.807, 2.05) is 11.8 Å². The molecule has 2 amide bonds. The number of nitrogens with zero attached hydrogens (tertiary/aromatic N) is 4. The van der Waals surface area contributed by atoms with E-state index in [4.69, 9.17) is 0 Å². The Labute approximate surface area is 140 Å². The van der Waals surface area contributed by atoms with E-state index in [0.717, 1.165) is 13.0 Å². The Morgan fingerprint density at radius 3 is 3.00 bits per heavy atom. The molecule has 1 saturated heterocycles. The molecule has 1 aliphatic heterocycles. The predicted octanol–water partition coefficient (Wildman–Crippen LogP) is 1.26. The van der Waals surface area contributed by atoms with Crippen LogP contribution in [-0.4, -0.2) is 50.9 Å². The highest BCUT2D eigenvalue weighted by Crippen LogP contribution is 2.12. The minimum atomic E-state index is -0.140. The van der Waals surface area contributed by atoms with Gasteiger partial charge >= 0.3 is 0 Å². The summed E-state index contributed by atoms with van der Waals surface area (Å²) in [4.78, 5) is 34.1. The van der Waals surface area contributed by atoms with Crippen LogP contribution in [-0.2, 0) is 4.79 Å². The largest absolute Gasteiger partial charge is 0.352 e. The van der Waals surface area contributed by atoms with Gasteiger partial charge in [0.25, 0.3) is 5.91 Å². The molecule has 3 rings (SSSR count). The third-order valence-electron chi connectivity index (χ3n) is 4.09. The molecule has 3 heterocycles. The summed E-state index contributed by atoms with van der Waals surface area (Å²) < 4.78 is 1.75. The fraction of sp³-hybridized carbons (Fsp3) is 0.412. The summed E-state index contributed by atoms with van der Waals surface area (Å²) in [6.07, 6.45) is 8.27. The van der Waals surface area contributed by atoms with Gasteiger partial charge in [0, 0.05) is 50.2 Å². The van der Waals surface area contributed by atoms with Crippen molar-refractivity contribution in [2.75, 3.05) is 19.6 Å². The third kappa shape index (κ3) is 3.79. The molecule has 0 bridgehead atoms. The van der Waals surface area contributed by atoms with Crippen molar-refractivity contribution in [1.29, 1.82) is 0 Å². The van der Waals surface area contributed by atoms with E-state index in [1.54, 1.807) is 41.6 Å². The van der Waals surface area contributed by atoms with E-state index in [-0.39, 0.29) is 17.7 Å². The molecule has 7 heteroatoms. The van der Waals surface area contributed by atoms with Crippen LogP contribution in [0.5, 0.6) is 0 Å². The lowest BCUT2D eigenvalue weighted by Gasteiger charge is -2.21. The molecular weight excluding hydrogens is 306 g/mol. The molecule has 2 aromatic rings. The number of hydrogen-bond acceptors (Lipinski definition) is 4. The average Bonchev–Trinajstić information content (AvgIpc) is 3.25. The number of amides is 2. The van der Waals surface area contributed by atoms with E-state index >= 15 is 0 Å². The molecule has 0 aliphatic carbocycles. The number of rotatable bonds is 6. The molecule has 1 atom stereocenters. The first kappa shape index (κ1) is 16.2. The lowest BCUT2D eigenvalue weighted by atomic mass is 10.1. The Kier molecular flexibility index (Phi) is 4.88. The molecule has 0 unspecified atom stereocenters. The molecule has 126 valence electrons. The minimum Gasteiger partial charge on any atom is -0.352 e. The number of carbonyl (C=O) groups excluding carboxylic acids is 2. The maximum Gasteiger partial charge on any atom is 0.251 e. The summed E-state index contributed by atoms with van der Waals surface area (Å²) in [5.74, 6) is 0.937. The van der Waals surface area contributed by atoms with Gasteiger partial charge in [-0.3, -0.25) is 14.2 Å². The fourth-order valence-electron chi connectivity index (χ4n) is 2.80. The van der Waals surface area contributed by atoms with Crippen LogP contribution in [0, 0.1) is 5.92 Å². The second-order valence-electron chi connectivity index (χ2n) is 6.13. The highest BCUT2D eigenvalue weighted by atomic mass is 16.2. The quantitative estimate of drug-likeness (QED) is 0.866. The van der Waals surface area contributed by atoms with Gasteiger partial charge in [0.2, 0.25) is 5.91 Å². The predicted molar refractivity (Wildman–Crippen MR) is 88.7 cm³/mol. The first-order valence-corrected chi connectivity index (χ1v) is 8.14. The molecular formula is C17H21N5O2. The first-order chi connectivity index (χ1) is 11.6. The average molecular weight is 327 g/mol. The van der Waals surface area contributed by atoms with E-state index in [1.165, 1.54) is 0 Å². The van der Waals surface area contributed by atoms with Crippen molar-refractivity contribution in [3.05, 3.63) is 42.6 Å². The van der Waals surface area contributed by atoms with Crippen molar-refractivity contribution in [1.82, 2.24) is 24.8 Å². The summed E-state index contributed by atoms with van der Waals surface area (Å²) in [6, 6.07) is 3.41. The fourth-order valence-corrected chi connectivity index (χ4v) is 2.80. The highest BCUT2D eigenvalue weighted by molar-refractivity contribution is 5.94. The Hall–Kier alpha value is -2.70. The Morgan fingerprint density at radius 1 is 1.42 bits per heavy atom. The van der Waals surface area contributed by atoms with Crippen LogP contribution < -0.4 is 5.32 Å². The van der Waals surface area contributed by atoms with Crippen LogP contribution >= 0.6 is 0 Å². The smallest absolute Gasteiger partial charge is 0.251 e. The number of pyridine rings is 1. The van der Waals surface area contributed by atoms with Gasteiger partial charge in [-0.2, -0.15) is 0 Å². The van der Waals surface area contributed by atoms with Crippen LogP contribution in [0.4, 0.5) is 0 Å². The normalized spacial score (nSPS) is 15.5. The zero-order chi connectivity index (χ0) is 16.9. The van der Waals surface area contributed by atoms with Gasteiger partial charge < -0.3 is 10.2 Å². The summed E-state index contributed by atoms with van der Waals surface area (Å²) in [5.41, 5.74) is 0.554. The van der Waals surface area contributed by atoms with E-state index in [9.17, 15) is 9.59 Å². The Balaban J connectivity index is 1.55. The number of carbonyl (C=O) groups is 2. The van der Waals surface area contributed by atoms with Crippen molar-refractivity contribution in [2.45, 2.75) is 19.8 Å². The molecule has 0 radical (unpaired) electrons. The Morgan fingerprint density at radius 2 is 2.29 bits per heavy atom. The lowest BCUT2D eigenvalue weighted by Crippen LogP contribution is -2.36. The maximum absolute atomic E-state index is 12.3. The van der Waals surface area contributed by atoms with Crippen molar-refractivity contribution < 1.29 is 9.59 Å². The van der Waals surface area contributed by atoms with Crippen LogP contribution in [0.25, 0.3) is 5.82 Å². The van der Waals surface area contributed by atoms with Crippen molar-refractivity contribution in [3.63, 3.8) is 0 Å². The molecule has 2 aromatic heterocycles. The molecule has 1 fully saturated rings. The van der Waals surface area contributed by atoms with Crippen molar-refractivity contribution in [2.24, 2.45) is 5.92 Å². The van der Waals surface area contributed by atoms with Gasteiger partial charge in [-0.1, -0.05) is 6.92 Å². The number of aromatic nitrogens is 3. The van der Waals surface area contributed by atoms with E-state index < -0.39 is 0 Å². The number of nitrogens with one attached hydrogen (secondary N) is 1. The minimum absolute atomic E-state index is 0.140. The van der Waals surface area contributed by atoms with Crippen LogP contribution in [0.1, 0.15) is 30.1 Å². The topological polar surface area (TPSA) is 80.1 Å². The van der Waals surface area contributed by atoms with Crippen LogP contribution in [0.3, 0.4) is 0 Å². The summed E-state index contributed by atoms with van der Waals surface area (Å²) in [7, 11) is 0. The number of imidazole rings is 1. The van der Waals surface area contributed by atoms with Gasteiger partial charge in [-0.15, -0.1) is 0 Å². The van der Waals surface area contributed by atoms with E-state index in [0.29, 0.717) is 30.9 Å². The van der Waals surface area contributed by atoms with Crippen LogP contribution in [0.15, 0.2) is 37.1 Å². The molecule has 0 aromatic carbocycles.